The molecule has 4 N–H and O–H groups in total. The number of fused-ring (bicyclic) bond motifs is 1. The zero-order valence-electron chi connectivity index (χ0n) is 15.7. The van der Waals surface area contributed by atoms with Gasteiger partial charge in [0.15, 0.2) is 0 Å². The summed E-state index contributed by atoms with van der Waals surface area (Å²) in [6.07, 6.45) is 0.955. The van der Waals surface area contributed by atoms with E-state index in [4.69, 9.17) is 0 Å². The number of sulfone groups is 1. The summed E-state index contributed by atoms with van der Waals surface area (Å²) < 4.78 is 50.4. The summed E-state index contributed by atoms with van der Waals surface area (Å²) in [7, 11) is -7.56. The number of anilines is 2. The van der Waals surface area contributed by atoms with Gasteiger partial charge in [0, 0.05) is 5.69 Å². The molecular formula is C17H21N3O6S2. The van der Waals surface area contributed by atoms with Gasteiger partial charge in [0.25, 0.3) is 5.91 Å². The monoisotopic (exact) mass is 427 g/mol. The van der Waals surface area contributed by atoms with E-state index in [0.717, 1.165) is 11.7 Å². The van der Waals surface area contributed by atoms with Gasteiger partial charge >= 0.3 is 0 Å². The summed E-state index contributed by atoms with van der Waals surface area (Å²) in [5, 5.41) is 16.9. The molecular weight excluding hydrogens is 406 g/mol. The predicted molar refractivity (Wildman–Crippen MR) is 105 cm³/mol. The predicted octanol–water partition coefficient (Wildman–Crippen LogP) is 1.46. The molecule has 1 aromatic carbocycles. The van der Waals surface area contributed by atoms with Crippen molar-refractivity contribution in [1.82, 2.24) is 5.32 Å². The quantitative estimate of drug-likeness (QED) is 0.572. The molecule has 1 aromatic rings. The number of hydrogen-bond acceptors (Lipinski definition) is 7. The second-order valence-electron chi connectivity index (χ2n) is 7.82. The van der Waals surface area contributed by atoms with Crippen LogP contribution in [0.15, 0.2) is 45.5 Å². The van der Waals surface area contributed by atoms with E-state index >= 15 is 0 Å². The fourth-order valence-electron chi connectivity index (χ4n) is 3.07. The van der Waals surface area contributed by atoms with Crippen molar-refractivity contribution in [1.29, 1.82) is 0 Å². The molecule has 2 aliphatic rings. The minimum Gasteiger partial charge on any atom is -0.509 e. The first-order chi connectivity index (χ1) is 12.7. The number of nitrogens with one attached hydrogen (secondary N) is 3. The van der Waals surface area contributed by atoms with Crippen molar-refractivity contribution >= 4 is 37.1 Å². The molecule has 2 aliphatic heterocycles. The number of amides is 1. The minimum atomic E-state index is -3.99. The van der Waals surface area contributed by atoms with Crippen molar-refractivity contribution in [3.05, 3.63) is 40.6 Å². The van der Waals surface area contributed by atoms with E-state index in [9.17, 15) is 26.7 Å². The van der Waals surface area contributed by atoms with E-state index in [1.165, 1.54) is 18.2 Å². The van der Waals surface area contributed by atoms with Crippen LogP contribution in [0.1, 0.15) is 20.8 Å². The van der Waals surface area contributed by atoms with Crippen LogP contribution in [-0.2, 0) is 24.7 Å². The minimum absolute atomic E-state index is 0.0435. The van der Waals surface area contributed by atoms with E-state index in [1.807, 2.05) is 20.8 Å². The molecule has 152 valence electrons. The fraction of sp³-hybridized carbons (Fsp3) is 0.353. The van der Waals surface area contributed by atoms with Crippen molar-refractivity contribution in [3.63, 3.8) is 0 Å². The van der Waals surface area contributed by atoms with Crippen LogP contribution in [0.2, 0.25) is 0 Å². The van der Waals surface area contributed by atoms with Gasteiger partial charge in [0.1, 0.15) is 11.3 Å². The van der Waals surface area contributed by atoms with Crippen molar-refractivity contribution in [2.24, 2.45) is 5.41 Å². The Kier molecular flexibility index (Phi) is 4.51. The highest BCUT2D eigenvalue weighted by Gasteiger charge is 2.41. The Labute approximate surface area is 163 Å². The Hall–Kier alpha value is -2.53. The van der Waals surface area contributed by atoms with Crippen LogP contribution >= 0.6 is 0 Å². The highest BCUT2D eigenvalue weighted by molar-refractivity contribution is 7.94. The molecule has 0 saturated heterocycles. The van der Waals surface area contributed by atoms with Crippen LogP contribution in [0.25, 0.3) is 0 Å². The standard InChI is InChI=1S/C17H21N3O6S2/c1-17(2,3)15-14(21)13(16(22)19-15)11-8-28(25,26)12-7-9(20-27(4,23)24)5-6-10(12)18-11/h5-8,15,18,20-21H,1-4H3,(H,19,22)/t15-/m1/s1. The largest absolute Gasteiger partial charge is 0.509 e. The average Bonchev–Trinajstić information content (AvgIpc) is 2.80. The zero-order chi connectivity index (χ0) is 21.1. The van der Waals surface area contributed by atoms with Crippen LogP contribution in [0.5, 0.6) is 0 Å². The lowest BCUT2D eigenvalue weighted by Crippen LogP contribution is -2.39. The molecule has 0 saturated carbocycles. The van der Waals surface area contributed by atoms with Crippen molar-refractivity contribution in [2.75, 3.05) is 16.3 Å². The highest BCUT2D eigenvalue weighted by atomic mass is 32.2. The molecule has 0 spiro atoms. The Morgan fingerprint density at radius 3 is 2.39 bits per heavy atom. The lowest BCUT2D eigenvalue weighted by molar-refractivity contribution is -0.117. The number of rotatable bonds is 3. The first-order valence-electron chi connectivity index (χ1n) is 8.29. The first-order valence-corrected chi connectivity index (χ1v) is 11.7. The highest BCUT2D eigenvalue weighted by Crippen LogP contribution is 2.38. The van der Waals surface area contributed by atoms with Gasteiger partial charge in [-0.15, -0.1) is 0 Å². The number of aliphatic hydroxyl groups is 1. The average molecular weight is 428 g/mol. The molecule has 0 aromatic heterocycles. The van der Waals surface area contributed by atoms with Crippen LogP contribution in [-0.4, -0.2) is 40.1 Å². The number of hydrogen-bond donors (Lipinski definition) is 4. The molecule has 0 aliphatic carbocycles. The van der Waals surface area contributed by atoms with Crippen molar-refractivity contribution < 1.29 is 26.7 Å². The molecule has 9 nitrogen and oxygen atoms in total. The van der Waals surface area contributed by atoms with Gasteiger partial charge in [-0.3, -0.25) is 9.52 Å². The first kappa shape index (κ1) is 20.2. The zero-order valence-corrected chi connectivity index (χ0v) is 17.3. The summed E-state index contributed by atoms with van der Waals surface area (Å²) in [4.78, 5) is 12.3. The van der Waals surface area contributed by atoms with E-state index in [0.29, 0.717) is 0 Å². The number of aliphatic hydroxyl groups excluding tert-OH is 1. The maximum atomic E-state index is 12.7. The number of carbonyl (C=O) groups excluding carboxylic acids is 1. The molecule has 3 rings (SSSR count). The lowest BCUT2D eigenvalue weighted by atomic mass is 9.86. The summed E-state index contributed by atoms with van der Waals surface area (Å²) in [5.74, 6) is -0.810. The maximum absolute atomic E-state index is 12.7. The van der Waals surface area contributed by atoms with Gasteiger partial charge < -0.3 is 15.7 Å². The molecule has 28 heavy (non-hydrogen) atoms. The molecule has 0 bridgehead atoms. The van der Waals surface area contributed by atoms with E-state index in [1.54, 1.807) is 0 Å². The molecule has 0 radical (unpaired) electrons. The summed E-state index contributed by atoms with van der Waals surface area (Å²) in [6, 6.07) is 3.32. The second-order valence-corrected chi connectivity index (χ2v) is 11.3. The number of benzene rings is 1. The summed E-state index contributed by atoms with van der Waals surface area (Å²) >= 11 is 0. The molecule has 1 amide bonds. The molecule has 0 fully saturated rings. The third-order valence-electron chi connectivity index (χ3n) is 4.30. The lowest BCUT2D eigenvalue weighted by Gasteiger charge is -2.26. The molecule has 1 atom stereocenters. The van der Waals surface area contributed by atoms with Gasteiger partial charge in [0.05, 0.1) is 34.0 Å². The van der Waals surface area contributed by atoms with Gasteiger partial charge in [0.2, 0.25) is 19.9 Å². The van der Waals surface area contributed by atoms with Crippen LogP contribution in [0, 0.1) is 5.41 Å². The molecule has 0 unspecified atom stereocenters. The smallest absolute Gasteiger partial charge is 0.257 e. The van der Waals surface area contributed by atoms with E-state index in [-0.39, 0.29) is 33.3 Å². The second kappa shape index (κ2) is 6.24. The van der Waals surface area contributed by atoms with Gasteiger partial charge in [-0.05, 0) is 23.6 Å². The number of carbonyl (C=O) groups is 1. The topological polar surface area (TPSA) is 142 Å². The maximum Gasteiger partial charge on any atom is 0.257 e. The summed E-state index contributed by atoms with van der Waals surface area (Å²) in [6.45, 7) is 5.51. The van der Waals surface area contributed by atoms with Crippen LogP contribution in [0.3, 0.4) is 0 Å². The third-order valence-corrected chi connectivity index (χ3v) is 6.40. The third kappa shape index (κ3) is 3.72. The number of sulfonamides is 1. The molecule has 2 heterocycles. The van der Waals surface area contributed by atoms with Gasteiger partial charge in [-0.2, -0.15) is 0 Å². The van der Waals surface area contributed by atoms with Crippen LogP contribution < -0.4 is 15.4 Å². The van der Waals surface area contributed by atoms with E-state index in [2.05, 4.69) is 15.4 Å². The Morgan fingerprint density at radius 1 is 1.21 bits per heavy atom. The Morgan fingerprint density at radius 2 is 1.86 bits per heavy atom. The van der Waals surface area contributed by atoms with Crippen molar-refractivity contribution in [2.45, 2.75) is 31.7 Å². The Balaban J connectivity index is 2.06. The van der Waals surface area contributed by atoms with Crippen molar-refractivity contribution in [3.8, 4) is 0 Å². The summed E-state index contributed by atoms with van der Waals surface area (Å²) in [5.41, 5.74) is -0.383. The van der Waals surface area contributed by atoms with Gasteiger partial charge in [-0.1, -0.05) is 20.8 Å². The normalized spacial score (nSPS) is 21.5. The molecule has 11 heteroatoms. The van der Waals surface area contributed by atoms with E-state index < -0.39 is 37.2 Å². The SMILES string of the molecule is CC(C)(C)[C@@H]1NC(=O)C(C2=CS(=O)(=O)c3cc(NS(C)(=O)=O)ccc3N2)=C1O. The van der Waals surface area contributed by atoms with Gasteiger partial charge in [-0.25, -0.2) is 16.8 Å². The van der Waals surface area contributed by atoms with Crippen LogP contribution in [0.4, 0.5) is 11.4 Å². The fourth-order valence-corrected chi connectivity index (χ4v) is 4.96. The Bertz CT molecular complexity index is 1140.